The maximum Gasteiger partial charge on any atom is 0.201 e. The number of benzene rings is 1. The molecule has 0 unspecified atom stereocenters. The zero-order valence-electron chi connectivity index (χ0n) is 14.0. The third kappa shape index (κ3) is 3.10. The van der Waals surface area contributed by atoms with Crippen LogP contribution in [0.25, 0.3) is 11.0 Å². The number of nitrogen functional groups attached to an aromatic ring is 1. The molecule has 0 atom stereocenters. The Morgan fingerprint density at radius 2 is 1.73 bits per heavy atom. The second-order valence-corrected chi connectivity index (χ2v) is 6.55. The van der Waals surface area contributed by atoms with Crippen LogP contribution in [0.4, 0.5) is 5.95 Å². The lowest BCUT2D eigenvalue weighted by atomic mass is 10.1. The summed E-state index contributed by atoms with van der Waals surface area (Å²) in [5.74, 6) is 0.637. The molecule has 0 spiro atoms. The Labute approximate surface area is 132 Å². The summed E-state index contributed by atoms with van der Waals surface area (Å²) < 4.78 is 2.16. The molecule has 1 aliphatic heterocycles. The van der Waals surface area contributed by atoms with Crippen LogP contribution in [-0.2, 0) is 6.54 Å². The Morgan fingerprint density at radius 3 is 2.45 bits per heavy atom. The molecule has 0 radical (unpaired) electrons. The second-order valence-electron chi connectivity index (χ2n) is 6.55. The number of piperazine rings is 1. The van der Waals surface area contributed by atoms with Crippen LogP contribution in [0.3, 0.4) is 0 Å². The number of nitrogens with zero attached hydrogens (tertiary/aromatic N) is 4. The molecule has 1 aliphatic rings. The van der Waals surface area contributed by atoms with Crippen LogP contribution in [0.5, 0.6) is 0 Å². The summed E-state index contributed by atoms with van der Waals surface area (Å²) in [6.45, 7) is 11.0. The van der Waals surface area contributed by atoms with Crippen LogP contribution in [0, 0.1) is 13.8 Å². The summed E-state index contributed by atoms with van der Waals surface area (Å²) in [5.41, 5.74) is 10.9. The Bertz CT molecular complexity index is 653. The molecule has 0 aliphatic carbocycles. The molecular weight excluding hydrogens is 274 g/mol. The van der Waals surface area contributed by atoms with E-state index < -0.39 is 0 Å². The molecule has 1 aromatic heterocycles. The van der Waals surface area contributed by atoms with Crippen LogP contribution in [-0.4, -0.2) is 59.1 Å². The minimum absolute atomic E-state index is 0.637. The van der Waals surface area contributed by atoms with Crippen LogP contribution in [0.2, 0.25) is 0 Å². The zero-order chi connectivity index (χ0) is 15.7. The number of imidazole rings is 1. The summed E-state index contributed by atoms with van der Waals surface area (Å²) in [4.78, 5) is 9.45. The molecule has 3 rings (SSSR count). The molecule has 2 aromatic rings. The van der Waals surface area contributed by atoms with E-state index in [0.29, 0.717) is 5.95 Å². The number of aryl methyl sites for hydroxylation is 3. The van der Waals surface area contributed by atoms with Gasteiger partial charge < -0.3 is 20.1 Å². The first kappa shape index (κ1) is 15.3. The van der Waals surface area contributed by atoms with Gasteiger partial charge in [0.25, 0.3) is 0 Å². The van der Waals surface area contributed by atoms with E-state index in [1.807, 2.05) is 0 Å². The lowest BCUT2D eigenvalue weighted by Crippen LogP contribution is -2.44. The van der Waals surface area contributed by atoms with Crippen molar-refractivity contribution in [3.63, 3.8) is 0 Å². The normalized spacial score (nSPS) is 17.4. The molecule has 0 amide bonds. The highest BCUT2D eigenvalue weighted by atomic mass is 15.2. The van der Waals surface area contributed by atoms with Gasteiger partial charge in [0.1, 0.15) is 0 Å². The van der Waals surface area contributed by atoms with Gasteiger partial charge in [0, 0.05) is 32.7 Å². The highest BCUT2D eigenvalue weighted by Gasteiger charge is 2.14. The Morgan fingerprint density at radius 1 is 1.05 bits per heavy atom. The van der Waals surface area contributed by atoms with Gasteiger partial charge >= 0.3 is 0 Å². The van der Waals surface area contributed by atoms with Crippen molar-refractivity contribution in [2.45, 2.75) is 26.8 Å². The predicted octanol–water partition coefficient (Wildman–Crippen LogP) is 1.87. The van der Waals surface area contributed by atoms with Gasteiger partial charge in [0.2, 0.25) is 5.95 Å². The molecule has 2 N–H and O–H groups in total. The standard InChI is InChI=1S/C17H27N5/c1-13-11-15-16(12-14(13)2)22(17(18)19-15)6-4-5-21-9-7-20(3)8-10-21/h11-12H,4-10H2,1-3H3,(H2,18,19). The summed E-state index contributed by atoms with van der Waals surface area (Å²) >= 11 is 0. The lowest BCUT2D eigenvalue weighted by molar-refractivity contribution is 0.151. The van der Waals surface area contributed by atoms with E-state index in [1.165, 1.54) is 42.8 Å². The summed E-state index contributed by atoms with van der Waals surface area (Å²) in [6.07, 6.45) is 1.12. The maximum absolute atomic E-state index is 6.12. The van der Waals surface area contributed by atoms with Crippen molar-refractivity contribution in [3.8, 4) is 0 Å². The smallest absolute Gasteiger partial charge is 0.201 e. The fourth-order valence-electron chi connectivity index (χ4n) is 3.16. The molecule has 5 heteroatoms. The van der Waals surface area contributed by atoms with Crippen LogP contribution in [0.1, 0.15) is 17.5 Å². The topological polar surface area (TPSA) is 50.3 Å². The van der Waals surface area contributed by atoms with E-state index in [-0.39, 0.29) is 0 Å². The molecule has 0 bridgehead atoms. The minimum atomic E-state index is 0.637. The Kier molecular flexibility index (Phi) is 4.36. The van der Waals surface area contributed by atoms with Gasteiger partial charge in [-0.1, -0.05) is 0 Å². The quantitative estimate of drug-likeness (QED) is 0.937. The number of rotatable bonds is 4. The molecule has 1 fully saturated rings. The van der Waals surface area contributed by atoms with E-state index in [9.17, 15) is 0 Å². The van der Waals surface area contributed by atoms with E-state index in [4.69, 9.17) is 5.73 Å². The van der Waals surface area contributed by atoms with Crippen LogP contribution >= 0.6 is 0 Å². The third-order valence-corrected chi connectivity index (χ3v) is 4.85. The van der Waals surface area contributed by atoms with E-state index in [2.05, 4.69) is 52.4 Å². The lowest BCUT2D eigenvalue weighted by Gasteiger charge is -2.32. The summed E-state index contributed by atoms with van der Waals surface area (Å²) in [7, 11) is 2.19. The number of nitrogens with two attached hydrogens (primary N) is 1. The molecule has 5 nitrogen and oxygen atoms in total. The van der Waals surface area contributed by atoms with Gasteiger partial charge in [-0.2, -0.15) is 0 Å². The molecule has 1 aromatic carbocycles. The van der Waals surface area contributed by atoms with E-state index in [0.717, 1.165) is 25.0 Å². The first-order chi connectivity index (χ1) is 10.5. The van der Waals surface area contributed by atoms with Gasteiger partial charge in [0.05, 0.1) is 11.0 Å². The van der Waals surface area contributed by atoms with Crippen molar-refractivity contribution in [3.05, 3.63) is 23.3 Å². The average molecular weight is 301 g/mol. The fraction of sp³-hybridized carbons (Fsp3) is 0.588. The van der Waals surface area contributed by atoms with Crippen molar-refractivity contribution in [1.82, 2.24) is 19.4 Å². The Hall–Kier alpha value is -1.59. The van der Waals surface area contributed by atoms with E-state index >= 15 is 0 Å². The number of hydrogen-bond donors (Lipinski definition) is 1. The molecule has 0 saturated carbocycles. The third-order valence-electron chi connectivity index (χ3n) is 4.85. The SMILES string of the molecule is Cc1cc2nc(N)n(CCCN3CCN(C)CC3)c2cc1C. The van der Waals surface area contributed by atoms with Crippen molar-refractivity contribution in [2.24, 2.45) is 0 Å². The van der Waals surface area contributed by atoms with Crippen molar-refractivity contribution in [2.75, 3.05) is 45.5 Å². The largest absolute Gasteiger partial charge is 0.369 e. The summed E-state index contributed by atoms with van der Waals surface area (Å²) in [5, 5.41) is 0. The van der Waals surface area contributed by atoms with Crippen molar-refractivity contribution < 1.29 is 0 Å². The zero-order valence-corrected chi connectivity index (χ0v) is 14.0. The monoisotopic (exact) mass is 301 g/mol. The number of anilines is 1. The highest BCUT2D eigenvalue weighted by molar-refractivity contribution is 5.80. The second kappa shape index (κ2) is 6.26. The minimum Gasteiger partial charge on any atom is -0.369 e. The first-order valence-electron chi connectivity index (χ1n) is 8.18. The van der Waals surface area contributed by atoms with Crippen molar-refractivity contribution in [1.29, 1.82) is 0 Å². The van der Waals surface area contributed by atoms with Crippen LogP contribution in [0.15, 0.2) is 12.1 Å². The fourth-order valence-corrected chi connectivity index (χ4v) is 3.16. The van der Waals surface area contributed by atoms with Gasteiger partial charge in [-0.15, -0.1) is 0 Å². The van der Waals surface area contributed by atoms with Gasteiger partial charge in [0.15, 0.2) is 0 Å². The number of fused-ring (bicyclic) bond motifs is 1. The Balaban J connectivity index is 1.66. The first-order valence-corrected chi connectivity index (χ1v) is 8.18. The van der Waals surface area contributed by atoms with Crippen LogP contribution < -0.4 is 5.73 Å². The van der Waals surface area contributed by atoms with E-state index in [1.54, 1.807) is 0 Å². The molecule has 2 heterocycles. The average Bonchev–Trinajstić information content (AvgIpc) is 2.77. The molecule has 22 heavy (non-hydrogen) atoms. The van der Waals surface area contributed by atoms with Gasteiger partial charge in [-0.25, -0.2) is 4.98 Å². The molecular formula is C17H27N5. The number of hydrogen-bond acceptors (Lipinski definition) is 4. The highest BCUT2D eigenvalue weighted by Crippen LogP contribution is 2.22. The molecule has 1 saturated heterocycles. The maximum atomic E-state index is 6.12. The van der Waals surface area contributed by atoms with Gasteiger partial charge in [-0.05, 0) is 57.1 Å². The van der Waals surface area contributed by atoms with Gasteiger partial charge in [-0.3, -0.25) is 0 Å². The number of likely N-dealkylation sites (N-methyl/N-ethyl adjacent to an activating group) is 1. The summed E-state index contributed by atoms with van der Waals surface area (Å²) in [6, 6.07) is 4.35. The number of aromatic nitrogens is 2. The predicted molar refractivity (Wildman–Crippen MR) is 92.2 cm³/mol. The van der Waals surface area contributed by atoms with Crippen molar-refractivity contribution >= 4 is 17.0 Å². The molecule has 120 valence electrons.